The highest BCUT2D eigenvalue weighted by atomic mass is 19.4. The average molecular weight is 442 g/mol. The molecule has 0 saturated carbocycles. The fourth-order valence-electron chi connectivity index (χ4n) is 2.67. The van der Waals surface area contributed by atoms with Crippen LogP contribution in [0.5, 0.6) is 11.5 Å². The van der Waals surface area contributed by atoms with Crippen molar-refractivity contribution in [2.24, 2.45) is 0 Å². The van der Waals surface area contributed by atoms with E-state index < -0.39 is 28.3 Å². The first-order valence-electron chi connectivity index (χ1n) is 9.10. The van der Waals surface area contributed by atoms with E-state index in [-0.39, 0.29) is 43.2 Å². The number of hydrogen-bond donors (Lipinski definition) is 1. The maximum Gasteiger partial charge on any atom is 0.416 e. The summed E-state index contributed by atoms with van der Waals surface area (Å²) >= 11 is 0. The lowest BCUT2D eigenvalue weighted by molar-refractivity contribution is -0.385. The van der Waals surface area contributed by atoms with Gasteiger partial charge in [0, 0.05) is 19.7 Å². The van der Waals surface area contributed by atoms with Crippen molar-refractivity contribution in [2.45, 2.75) is 12.6 Å². The van der Waals surface area contributed by atoms with Gasteiger partial charge in [-0.15, -0.1) is 0 Å². The summed E-state index contributed by atoms with van der Waals surface area (Å²) in [5.74, 6) is -0.498. The van der Waals surface area contributed by atoms with Crippen LogP contribution < -0.4 is 14.8 Å². The van der Waals surface area contributed by atoms with Gasteiger partial charge in [-0.05, 0) is 24.1 Å². The van der Waals surface area contributed by atoms with Gasteiger partial charge in [0.15, 0.2) is 11.5 Å². The zero-order valence-electron chi connectivity index (χ0n) is 16.8. The number of nitro groups is 1. The molecule has 0 saturated heterocycles. The van der Waals surface area contributed by atoms with Crippen molar-refractivity contribution < 1.29 is 37.1 Å². The molecule has 0 heterocycles. The third kappa shape index (κ3) is 6.57. The molecule has 1 N–H and O–H groups in total. The number of halogens is 3. The Morgan fingerprint density at radius 3 is 2.32 bits per heavy atom. The summed E-state index contributed by atoms with van der Waals surface area (Å²) in [4.78, 5) is 23.2. The van der Waals surface area contributed by atoms with Gasteiger partial charge in [0.25, 0.3) is 11.6 Å². The van der Waals surface area contributed by atoms with Crippen LogP contribution in [-0.4, -0.2) is 44.8 Å². The first kappa shape index (κ1) is 23.9. The van der Waals surface area contributed by atoms with Gasteiger partial charge in [-0.1, -0.05) is 12.1 Å². The molecule has 31 heavy (non-hydrogen) atoms. The van der Waals surface area contributed by atoms with E-state index in [1.807, 2.05) is 0 Å². The largest absolute Gasteiger partial charge is 0.493 e. The lowest BCUT2D eigenvalue weighted by Crippen LogP contribution is -2.26. The second kappa shape index (κ2) is 10.6. The van der Waals surface area contributed by atoms with Crippen LogP contribution in [0.3, 0.4) is 0 Å². The average Bonchev–Trinajstić information content (AvgIpc) is 2.73. The molecule has 0 unspecified atom stereocenters. The molecule has 0 spiro atoms. The number of ether oxygens (including phenoxy) is 3. The highest BCUT2D eigenvalue weighted by molar-refractivity contribution is 5.99. The number of hydrogen-bond acceptors (Lipinski definition) is 6. The van der Waals surface area contributed by atoms with E-state index in [4.69, 9.17) is 14.2 Å². The Morgan fingerprint density at radius 1 is 1.10 bits per heavy atom. The molecule has 0 radical (unpaired) electrons. The molecule has 0 aromatic heterocycles. The lowest BCUT2D eigenvalue weighted by atomic mass is 10.1. The number of carbonyl (C=O) groups excluding carboxylic acids is 1. The molecule has 0 aliphatic rings. The summed E-state index contributed by atoms with van der Waals surface area (Å²) in [6, 6.07) is 6.83. The molecule has 2 rings (SSSR count). The van der Waals surface area contributed by atoms with Crippen molar-refractivity contribution in [1.29, 1.82) is 0 Å². The summed E-state index contributed by atoms with van der Waals surface area (Å²) in [5, 5.41) is 14.0. The van der Waals surface area contributed by atoms with Crippen molar-refractivity contribution in [2.75, 3.05) is 34.0 Å². The van der Waals surface area contributed by atoms with E-state index in [9.17, 15) is 28.1 Å². The van der Waals surface area contributed by atoms with Crippen LogP contribution in [0.2, 0.25) is 0 Å². The molecule has 2 aromatic rings. The Labute approximate surface area is 176 Å². The highest BCUT2D eigenvalue weighted by Gasteiger charge is 2.30. The number of carbonyl (C=O) groups is 1. The standard InChI is InChI=1S/C20H21F3N2O6/c1-29-9-10-31-18-12-16(25(27)28)15(11-17(18)30-2)19(26)24-8-7-13-3-5-14(6-4-13)20(21,22)23/h3-6,11-12H,7-10H2,1-2H3,(H,24,26). The second-order valence-corrected chi connectivity index (χ2v) is 6.32. The summed E-state index contributed by atoms with van der Waals surface area (Å²) in [6.07, 6.45) is -4.18. The summed E-state index contributed by atoms with van der Waals surface area (Å²) in [6.45, 7) is 0.446. The van der Waals surface area contributed by atoms with E-state index in [2.05, 4.69) is 5.32 Å². The predicted molar refractivity (Wildman–Crippen MR) is 105 cm³/mol. The number of methoxy groups -OCH3 is 2. The fourth-order valence-corrected chi connectivity index (χ4v) is 2.67. The van der Waals surface area contributed by atoms with Crippen LogP contribution in [0, 0.1) is 10.1 Å². The van der Waals surface area contributed by atoms with E-state index >= 15 is 0 Å². The number of nitro benzene ring substituents is 1. The fraction of sp³-hybridized carbons (Fsp3) is 0.350. The van der Waals surface area contributed by atoms with Gasteiger partial charge in [-0.25, -0.2) is 0 Å². The second-order valence-electron chi connectivity index (χ2n) is 6.32. The third-order valence-corrected chi connectivity index (χ3v) is 4.25. The Balaban J connectivity index is 2.10. The molecule has 2 aromatic carbocycles. The Kier molecular flexibility index (Phi) is 8.20. The van der Waals surface area contributed by atoms with Crippen LogP contribution in [-0.2, 0) is 17.3 Å². The number of benzene rings is 2. The first-order chi connectivity index (χ1) is 14.7. The van der Waals surface area contributed by atoms with Gasteiger partial charge in [0.2, 0.25) is 0 Å². The normalized spacial score (nSPS) is 11.1. The maximum absolute atomic E-state index is 12.6. The van der Waals surface area contributed by atoms with Gasteiger partial charge in [0.1, 0.15) is 12.2 Å². The number of alkyl halides is 3. The van der Waals surface area contributed by atoms with Crippen LogP contribution in [0.4, 0.5) is 18.9 Å². The smallest absolute Gasteiger partial charge is 0.416 e. The third-order valence-electron chi connectivity index (χ3n) is 4.25. The lowest BCUT2D eigenvalue weighted by Gasteiger charge is -2.13. The molecule has 8 nitrogen and oxygen atoms in total. The van der Waals surface area contributed by atoms with Gasteiger partial charge in [-0.2, -0.15) is 13.2 Å². The number of rotatable bonds is 10. The highest BCUT2D eigenvalue weighted by Crippen LogP contribution is 2.35. The summed E-state index contributed by atoms with van der Waals surface area (Å²) in [7, 11) is 2.80. The van der Waals surface area contributed by atoms with Crippen molar-refractivity contribution in [1.82, 2.24) is 5.32 Å². The van der Waals surface area contributed by atoms with Crippen LogP contribution in [0.1, 0.15) is 21.5 Å². The van der Waals surface area contributed by atoms with Crippen LogP contribution >= 0.6 is 0 Å². The Hall–Kier alpha value is -3.34. The van der Waals surface area contributed by atoms with Gasteiger partial charge in [0.05, 0.1) is 30.3 Å². The molecule has 0 aliphatic carbocycles. The number of nitrogens with zero attached hydrogens (tertiary/aromatic N) is 1. The summed E-state index contributed by atoms with van der Waals surface area (Å²) in [5.41, 5.74) is -0.897. The minimum absolute atomic E-state index is 0.0652. The first-order valence-corrected chi connectivity index (χ1v) is 9.10. The molecular formula is C20H21F3N2O6. The Morgan fingerprint density at radius 2 is 1.77 bits per heavy atom. The van der Waals surface area contributed by atoms with Crippen LogP contribution in [0.15, 0.2) is 36.4 Å². The van der Waals surface area contributed by atoms with Gasteiger partial charge >= 0.3 is 6.18 Å². The molecule has 11 heteroatoms. The molecule has 0 atom stereocenters. The van der Waals surface area contributed by atoms with E-state index in [1.54, 1.807) is 0 Å². The van der Waals surface area contributed by atoms with E-state index in [0.29, 0.717) is 5.56 Å². The number of amides is 1. The van der Waals surface area contributed by atoms with Crippen molar-refractivity contribution in [3.8, 4) is 11.5 Å². The zero-order valence-corrected chi connectivity index (χ0v) is 16.8. The predicted octanol–water partition coefficient (Wildman–Crippen LogP) is 3.62. The van der Waals surface area contributed by atoms with Crippen molar-refractivity contribution in [3.63, 3.8) is 0 Å². The zero-order chi connectivity index (χ0) is 23.0. The molecule has 0 fully saturated rings. The van der Waals surface area contributed by atoms with Crippen LogP contribution in [0.25, 0.3) is 0 Å². The van der Waals surface area contributed by atoms with Gasteiger partial charge in [-0.3, -0.25) is 14.9 Å². The maximum atomic E-state index is 12.6. The van der Waals surface area contributed by atoms with Crippen molar-refractivity contribution in [3.05, 3.63) is 63.2 Å². The van der Waals surface area contributed by atoms with Gasteiger partial charge < -0.3 is 19.5 Å². The molecular weight excluding hydrogens is 421 g/mol. The van der Waals surface area contributed by atoms with E-state index in [0.717, 1.165) is 18.2 Å². The Bertz CT molecular complexity index is 916. The minimum atomic E-state index is -4.43. The topological polar surface area (TPSA) is 99.9 Å². The minimum Gasteiger partial charge on any atom is -0.493 e. The molecule has 0 bridgehead atoms. The SMILES string of the molecule is COCCOc1cc([N+](=O)[O-])c(C(=O)NCCc2ccc(C(F)(F)F)cc2)cc1OC. The van der Waals surface area contributed by atoms with E-state index in [1.165, 1.54) is 32.4 Å². The molecule has 0 aliphatic heterocycles. The summed E-state index contributed by atoms with van der Waals surface area (Å²) < 4.78 is 53.2. The quantitative estimate of drug-likeness (QED) is 0.343. The van der Waals surface area contributed by atoms with Crippen molar-refractivity contribution >= 4 is 11.6 Å². The number of nitrogens with one attached hydrogen (secondary N) is 1. The molecule has 1 amide bonds. The molecule has 168 valence electrons. The monoisotopic (exact) mass is 442 g/mol.